The van der Waals surface area contributed by atoms with Crippen LogP contribution in [0.1, 0.15) is 48.7 Å². The number of rotatable bonds is 6. The molecule has 0 unspecified atom stereocenters. The number of benzene rings is 1. The molecule has 1 heterocycles. The Hall–Kier alpha value is -1.90. The Balaban J connectivity index is 1.98. The van der Waals surface area contributed by atoms with Gasteiger partial charge in [0.2, 0.25) is 15.8 Å². The maximum atomic E-state index is 12.9. The van der Waals surface area contributed by atoms with Crippen LogP contribution in [0.2, 0.25) is 0 Å². The van der Waals surface area contributed by atoms with Gasteiger partial charge in [0.05, 0.1) is 11.5 Å². The molecule has 1 fully saturated rings. The lowest BCUT2D eigenvalue weighted by atomic mass is 10.0. The molecule has 8 heteroatoms. The van der Waals surface area contributed by atoms with Crippen LogP contribution in [0.4, 0.5) is 0 Å². The van der Waals surface area contributed by atoms with Crippen LogP contribution in [0.5, 0.6) is 0 Å². The molecule has 0 atom stereocenters. The largest absolute Gasteiger partial charge is 0.460 e. The normalized spacial score (nSPS) is 16.9. The van der Waals surface area contributed by atoms with E-state index < -0.39 is 21.5 Å². The third kappa shape index (κ3) is 3.36. The Labute approximate surface area is 152 Å². The van der Waals surface area contributed by atoms with E-state index in [9.17, 15) is 13.2 Å². The van der Waals surface area contributed by atoms with Gasteiger partial charge in [-0.05, 0) is 44.9 Å². The zero-order valence-corrected chi connectivity index (χ0v) is 15.8. The average molecular weight is 380 g/mol. The summed E-state index contributed by atoms with van der Waals surface area (Å²) in [5, 5.41) is 0.573. The van der Waals surface area contributed by atoms with Crippen LogP contribution in [-0.2, 0) is 14.8 Å². The second-order valence-corrected chi connectivity index (χ2v) is 8.41. The van der Waals surface area contributed by atoms with Crippen LogP contribution in [0.3, 0.4) is 0 Å². The number of furan rings is 1. The van der Waals surface area contributed by atoms with Crippen molar-refractivity contribution in [1.29, 1.82) is 0 Å². The van der Waals surface area contributed by atoms with Crippen LogP contribution in [0.15, 0.2) is 27.5 Å². The Kier molecular flexibility index (Phi) is 5.09. The Bertz CT molecular complexity index is 926. The summed E-state index contributed by atoms with van der Waals surface area (Å²) in [4.78, 5) is 12.1. The van der Waals surface area contributed by atoms with Crippen molar-refractivity contribution in [2.45, 2.75) is 50.0 Å². The zero-order chi connectivity index (χ0) is 18.9. The molecule has 0 bridgehead atoms. The molecule has 1 aliphatic carbocycles. The number of carbonyl (C=O) groups is 1. The maximum Gasteiger partial charge on any atom is 0.374 e. The number of ether oxygens (including phenoxy) is 1. The summed E-state index contributed by atoms with van der Waals surface area (Å²) in [5.41, 5.74) is 6.27. The fraction of sp³-hybridized carbons (Fsp3) is 0.500. The number of aryl methyl sites for hydroxylation is 1. The molecule has 26 heavy (non-hydrogen) atoms. The minimum atomic E-state index is -3.73. The van der Waals surface area contributed by atoms with Crippen LogP contribution < -0.4 is 10.5 Å². The highest BCUT2D eigenvalue weighted by Crippen LogP contribution is 2.32. The molecule has 0 saturated heterocycles. The molecule has 1 saturated carbocycles. The van der Waals surface area contributed by atoms with Gasteiger partial charge in [-0.2, -0.15) is 0 Å². The number of hydrogen-bond donors (Lipinski definition) is 2. The van der Waals surface area contributed by atoms with Gasteiger partial charge in [0.1, 0.15) is 5.58 Å². The second-order valence-electron chi connectivity index (χ2n) is 6.73. The van der Waals surface area contributed by atoms with Crippen molar-refractivity contribution in [3.05, 3.63) is 29.5 Å². The van der Waals surface area contributed by atoms with Crippen LogP contribution in [-0.4, -0.2) is 33.1 Å². The third-order valence-corrected chi connectivity index (χ3v) is 6.56. The molecule has 2 aromatic rings. The van der Waals surface area contributed by atoms with Crippen molar-refractivity contribution in [3.63, 3.8) is 0 Å². The monoisotopic (exact) mass is 380 g/mol. The Morgan fingerprint density at radius 3 is 2.65 bits per heavy atom. The molecule has 7 nitrogen and oxygen atoms in total. The van der Waals surface area contributed by atoms with Crippen molar-refractivity contribution in [2.24, 2.45) is 5.73 Å². The summed E-state index contributed by atoms with van der Waals surface area (Å²) in [7, 11) is -3.73. The summed E-state index contributed by atoms with van der Waals surface area (Å²) >= 11 is 0. The van der Waals surface area contributed by atoms with Gasteiger partial charge in [-0.25, -0.2) is 17.9 Å². The van der Waals surface area contributed by atoms with Gasteiger partial charge < -0.3 is 14.9 Å². The average Bonchev–Trinajstić information content (AvgIpc) is 3.20. The van der Waals surface area contributed by atoms with Gasteiger partial charge in [-0.1, -0.05) is 12.8 Å². The molecule has 0 amide bonds. The van der Waals surface area contributed by atoms with E-state index >= 15 is 0 Å². The molecule has 142 valence electrons. The highest BCUT2D eigenvalue weighted by Gasteiger charge is 2.37. The highest BCUT2D eigenvalue weighted by atomic mass is 32.2. The van der Waals surface area contributed by atoms with Crippen LogP contribution in [0.25, 0.3) is 11.0 Å². The van der Waals surface area contributed by atoms with Gasteiger partial charge >= 0.3 is 5.97 Å². The lowest BCUT2D eigenvalue weighted by Gasteiger charge is -2.28. The molecule has 0 aliphatic heterocycles. The first kappa shape index (κ1) is 18.9. The number of hydrogen-bond acceptors (Lipinski definition) is 6. The SMILES string of the molecule is CCOC(=O)c1oc2ccc(S(=O)(=O)NC3(CN)CCCC3)cc2c1C. The summed E-state index contributed by atoms with van der Waals surface area (Å²) in [6.45, 7) is 3.93. The first-order chi connectivity index (χ1) is 12.3. The van der Waals surface area contributed by atoms with Crippen molar-refractivity contribution in [1.82, 2.24) is 4.72 Å². The quantitative estimate of drug-likeness (QED) is 0.745. The standard InChI is InChI=1S/C18H24N2O5S/c1-3-24-17(21)16-12(2)14-10-13(6-7-15(14)25-16)26(22,23)20-18(11-19)8-4-5-9-18/h6-7,10,20H,3-5,8-9,11,19H2,1-2H3. The van der Waals surface area contributed by atoms with Crippen LogP contribution in [0, 0.1) is 6.92 Å². The molecule has 3 rings (SSSR count). The smallest absolute Gasteiger partial charge is 0.374 e. The summed E-state index contributed by atoms with van der Waals surface area (Å²) in [5.74, 6) is -0.463. The van der Waals surface area contributed by atoms with E-state index in [2.05, 4.69) is 4.72 Å². The van der Waals surface area contributed by atoms with Gasteiger partial charge in [-0.3, -0.25) is 0 Å². The van der Waals surface area contributed by atoms with E-state index in [1.165, 1.54) is 12.1 Å². The molecular weight excluding hydrogens is 356 g/mol. The maximum absolute atomic E-state index is 12.9. The molecule has 1 aromatic heterocycles. The topological polar surface area (TPSA) is 112 Å². The molecule has 1 aromatic carbocycles. The highest BCUT2D eigenvalue weighted by molar-refractivity contribution is 7.89. The number of nitrogens with one attached hydrogen (secondary N) is 1. The lowest BCUT2D eigenvalue weighted by molar-refractivity contribution is 0.0491. The summed E-state index contributed by atoms with van der Waals surface area (Å²) < 4.78 is 39.0. The molecule has 1 aliphatic rings. The zero-order valence-electron chi connectivity index (χ0n) is 15.0. The van der Waals surface area contributed by atoms with E-state index in [1.807, 2.05) is 0 Å². The number of esters is 1. The van der Waals surface area contributed by atoms with Gasteiger partial charge in [0.25, 0.3) is 0 Å². The minimum Gasteiger partial charge on any atom is -0.460 e. The Morgan fingerprint density at radius 2 is 2.04 bits per heavy atom. The van der Waals surface area contributed by atoms with Gasteiger partial charge in [0.15, 0.2) is 0 Å². The number of sulfonamides is 1. The number of nitrogens with two attached hydrogens (primary N) is 1. The number of fused-ring (bicyclic) bond motifs is 1. The van der Waals surface area contributed by atoms with Crippen molar-refractivity contribution >= 4 is 27.0 Å². The summed E-state index contributed by atoms with van der Waals surface area (Å²) in [6, 6.07) is 4.56. The van der Waals surface area contributed by atoms with Crippen LogP contribution >= 0.6 is 0 Å². The van der Waals surface area contributed by atoms with Crippen molar-refractivity contribution < 1.29 is 22.4 Å². The van der Waals surface area contributed by atoms with E-state index in [-0.39, 0.29) is 23.8 Å². The molecule has 0 radical (unpaired) electrons. The Morgan fingerprint density at radius 1 is 1.35 bits per heavy atom. The first-order valence-electron chi connectivity index (χ1n) is 8.76. The predicted molar refractivity (Wildman–Crippen MR) is 97.5 cm³/mol. The summed E-state index contributed by atoms with van der Waals surface area (Å²) in [6.07, 6.45) is 3.40. The van der Waals surface area contributed by atoms with Gasteiger partial charge in [-0.15, -0.1) is 0 Å². The van der Waals surface area contributed by atoms with Crippen molar-refractivity contribution in [2.75, 3.05) is 13.2 Å². The van der Waals surface area contributed by atoms with E-state index in [1.54, 1.807) is 19.9 Å². The number of carbonyl (C=O) groups excluding carboxylic acids is 1. The van der Waals surface area contributed by atoms with Gasteiger partial charge in [0, 0.05) is 23.0 Å². The second kappa shape index (κ2) is 7.02. The van der Waals surface area contributed by atoms with E-state index in [0.29, 0.717) is 16.5 Å². The molecule has 3 N–H and O–H groups in total. The minimum absolute atomic E-state index is 0.0959. The fourth-order valence-electron chi connectivity index (χ4n) is 3.50. The predicted octanol–water partition coefficient (Wildman–Crippen LogP) is 2.47. The molecule has 0 spiro atoms. The third-order valence-electron chi connectivity index (χ3n) is 4.98. The van der Waals surface area contributed by atoms with E-state index in [0.717, 1.165) is 25.7 Å². The first-order valence-corrected chi connectivity index (χ1v) is 10.2. The fourth-order valence-corrected chi connectivity index (χ4v) is 5.00. The molecular formula is C18H24N2O5S. The lowest BCUT2D eigenvalue weighted by Crippen LogP contribution is -2.51. The van der Waals surface area contributed by atoms with E-state index in [4.69, 9.17) is 14.9 Å². The van der Waals surface area contributed by atoms with Crippen molar-refractivity contribution in [3.8, 4) is 0 Å².